The second-order valence-corrected chi connectivity index (χ2v) is 8.55. The highest BCUT2D eigenvalue weighted by molar-refractivity contribution is 7.90. The number of nitrogens with one attached hydrogen (secondary N) is 1. The Kier molecular flexibility index (Phi) is 5.32. The van der Waals surface area contributed by atoms with E-state index >= 15 is 0 Å². The second-order valence-electron chi connectivity index (χ2n) is 6.57. The molecule has 0 aliphatic carbocycles. The van der Waals surface area contributed by atoms with Gasteiger partial charge in [0.25, 0.3) is 0 Å². The average molecular weight is 354 g/mol. The molecule has 2 heterocycles. The zero-order chi connectivity index (χ0) is 17.2. The lowest BCUT2D eigenvalue weighted by molar-refractivity contribution is 0.126. The summed E-state index contributed by atoms with van der Waals surface area (Å²) in [6, 6.07) is 7.94. The summed E-state index contributed by atoms with van der Waals surface area (Å²) in [5.74, 6) is 1.16. The van der Waals surface area contributed by atoms with Gasteiger partial charge in [0.2, 0.25) is 10.0 Å². The molecule has 3 rings (SSSR count). The van der Waals surface area contributed by atoms with Gasteiger partial charge in [-0.05, 0) is 37.8 Å². The van der Waals surface area contributed by atoms with Gasteiger partial charge in [0.1, 0.15) is 11.0 Å². The molecule has 1 aromatic rings. The fourth-order valence-corrected chi connectivity index (χ4v) is 5.24. The molecule has 134 valence electrons. The van der Waals surface area contributed by atoms with Crippen LogP contribution in [0.5, 0.6) is 5.75 Å². The minimum absolute atomic E-state index is 0.226. The maximum absolute atomic E-state index is 12.4. The molecule has 1 N–H and O–H groups in total. The number of hydrogen-bond acceptors (Lipinski definition) is 5. The summed E-state index contributed by atoms with van der Waals surface area (Å²) in [6.45, 7) is 4.58. The van der Waals surface area contributed by atoms with Gasteiger partial charge >= 0.3 is 0 Å². The van der Waals surface area contributed by atoms with E-state index < -0.39 is 15.3 Å². The van der Waals surface area contributed by atoms with Crippen molar-refractivity contribution in [3.8, 4) is 5.75 Å². The highest BCUT2D eigenvalue weighted by Gasteiger charge is 2.36. The van der Waals surface area contributed by atoms with E-state index in [9.17, 15) is 8.42 Å². The van der Waals surface area contributed by atoms with E-state index in [-0.39, 0.29) is 6.10 Å². The third-order valence-corrected chi connectivity index (χ3v) is 6.98. The lowest BCUT2D eigenvalue weighted by Crippen LogP contribution is -2.40. The molecule has 0 unspecified atom stereocenters. The molecular weight excluding hydrogens is 328 g/mol. The van der Waals surface area contributed by atoms with Crippen LogP contribution in [0, 0.1) is 5.92 Å². The van der Waals surface area contributed by atoms with E-state index in [0.717, 1.165) is 30.9 Å². The van der Waals surface area contributed by atoms with Gasteiger partial charge in [-0.2, -0.15) is 0 Å². The molecular formula is C17H26N2O4S. The first-order valence-corrected chi connectivity index (χ1v) is 10.0. The zero-order valence-electron chi connectivity index (χ0n) is 14.3. The quantitative estimate of drug-likeness (QED) is 0.841. The standard InChI is InChI=1S/C17H26N2O4S/c1-13-17(8-10-23-13)24(20,21)18-11-14-7-9-19(12-14)15-5-3-4-6-16(15)22-2/h3-6,13-14,17-18H,7-12H2,1-2H3/t13-,14+,17-/m0/s1. The normalized spacial score (nSPS) is 27.6. The Labute approximate surface area is 144 Å². The molecule has 1 aromatic carbocycles. The van der Waals surface area contributed by atoms with E-state index in [4.69, 9.17) is 9.47 Å². The molecule has 3 atom stereocenters. The molecule has 2 aliphatic rings. The maximum atomic E-state index is 12.4. The lowest BCUT2D eigenvalue weighted by Gasteiger charge is -2.22. The first-order chi connectivity index (χ1) is 11.5. The number of para-hydroxylation sites is 2. The van der Waals surface area contributed by atoms with Gasteiger partial charge < -0.3 is 14.4 Å². The first-order valence-electron chi connectivity index (χ1n) is 8.49. The van der Waals surface area contributed by atoms with Crippen LogP contribution in [0.15, 0.2) is 24.3 Å². The van der Waals surface area contributed by atoms with Gasteiger partial charge in [0.15, 0.2) is 0 Å². The number of ether oxygens (including phenoxy) is 2. The van der Waals surface area contributed by atoms with Crippen molar-refractivity contribution in [3.63, 3.8) is 0 Å². The number of rotatable bonds is 6. The van der Waals surface area contributed by atoms with E-state index in [1.807, 2.05) is 31.2 Å². The smallest absolute Gasteiger partial charge is 0.217 e. The van der Waals surface area contributed by atoms with Crippen LogP contribution in [0.3, 0.4) is 0 Å². The van der Waals surface area contributed by atoms with Gasteiger partial charge in [-0.3, -0.25) is 0 Å². The Hall–Kier alpha value is -1.31. The largest absolute Gasteiger partial charge is 0.495 e. The monoisotopic (exact) mass is 354 g/mol. The van der Waals surface area contributed by atoms with Gasteiger partial charge in [0, 0.05) is 26.2 Å². The number of sulfonamides is 1. The lowest BCUT2D eigenvalue weighted by atomic mass is 10.1. The van der Waals surface area contributed by atoms with Crippen LogP contribution in [0.1, 0.15) is 19.8 Å². The van der Waals surface area contributed by atoms with Crippen LogP contribution < -0.4 is 14.4 Å². The third-order valence-electron chi connectivity index (χ3n) is 4.99. The van der Waals surface area contributed by atoms with E-state index in [1.165, 1.54) is 0 Å². The highest BCUT2D eigenvalue weighted by atomic mass is 32.2. The molecule has 0 bridgehead atoms. The number of methoxy groups -OCH3 is 1. The molecule has 0 spiro atoms. The average Bonchev–Trinajstić information content (AvgIpc) is 3.22. The zero-order valence-corrected chi connectivity index (χ0v) is 15.1. The van der Waals surface area contributed by atoms with Crippen molar-refractivity contribution >= 4 is 15.7 Å². The van der Waals surface area contributed by atoms with E-state index in [0.29, 0.717) is 25.5 Å². The van der Waals surface area contributed by atoms with Crippen LogP contribution in [0.4, 0.5) is 5.69 Å². The van der Waals surface area contributed by atoms with Crippen LogP contribution >= 0.6 is 0 Å². The van der Waals surface area contributed by atoms with E-state index in [2.05, 4.69) is 9.62 Å². The predicted octanol–water partition coefficient (Wildman–Crippen LogP) is 1.62. The second kappa shape index (κ2) is 7.29. The van der Waals surface area contributed by atoms with Crippen molar-refractivity contribution < 1.29 is 17.9 Å². The molecule has 0 amide bonds. The summed E-state index contributed by atoms with van der Waals surface area (Å²) in [7, 11) is -1.64. The summed E-state index contributed by atoms with van der Waals surface area (Å²) in [5, 5.41) is -0.427. The molecule has 0 radical (unpaired) electrons. The van der Waals surface area contributed by atoms with Crippen molar-refractivity contribution in [3.05, 3.63) is 24.3 Å². The Bertz CT molecular complexity index is 664. The number of anilines is 1. The molecule has 2 fully saturated rings. The first kappa shape index (κ1) is 17.5. The third kappa shape index (κ3) is 3.68. The van der Waals surface area contributed by atoms with Crippen molar-refractivity contribution in [1.29, 1.82) is 0 Å². The minimum Gasteiger partial charge on any atom is -0.495 e. The molecule has 0 saturated carbocycles. The predicted molar refractivity (Wildman–Crippen MR) is 94.1 cm³/mol. The van der Waals surface area contributed by atoms with Crippen molar-refractivity contribution in [2.75, 3.05) is 38.3 Å². The number of benzene rings is 1. The fourth-order valence-electron chi connectivity index (χ4n) is 3.57. The fraction of sp³-hybridized carbons (Fsp3) is 0.647. The molecule has 7 heteroatoms. The van der Waals surface area contributed by atoms with Crippen LogP contribution in [-0.2, 0) is 14.8 Å². The van der Waals surface area contributed by atoms with E-state index in [1.54, 1.807) is 7.11 Å². The molecule has 0 aromatic heterocycles. The van der Waals surface area contributed by atoms with Crippen molar-refractivity contribution in [2.45, 2.75) is 31.1 Å². The van der Waals surface area contributed by atoms with Gasteiger partial charge in [-0.15, -0.1) is 0 Å². The Balaban J connectivity index is 1.57. The minimum atomic E-state index is -3.31. The Morgan fingerprint density at radius 3 is 2.83 bits per heavy atom. The van der Waals surface area contributed by atoms with Crippen molar-refractivity contribution in [2.24, 2.45) is 5.92 Å². The highest BCUT2D eigenvalue weighted by Crippen LogP contribution is 2.32. The summed E-state index contributed by atoms with van der Waals surface area (Å²) in [4.78, 5) is 2.26. The van der Waals surface area contributed by atoms with Gasteiger partial charge in [-0.1, -0.05) is 12.1 Å². The molecule has 2 aliphatic heterocycles. The summed E-state index contributed by atoms with van der Waals surface area (Å²) >= 11 is 0. The summed E-state index contributed by atoms with van der Waals surface area (Å²) in [6.07, 6.45) is 1.32. The van der Waals surface area contributed by atoms with Crippen LogP contribution in [-0.4, -0.2) is 53.1 Å². The Morgan fingerprint density at radius 2 is 2.12 bits per heavy atom. The Morgan fingerprint density at radius 1 is 1.33 bits per heavy atom. The number of nitrogens with zero attached hydrogens (tertiary/aromatic N) is 1. The van der Waals surface area contributed by atoms with Gasteiger partial charge in [0.05, 0.1) is 18.9 Å². The van der Waals surface area contributed by atoms with Gasteiger partial charge in [-0.25, -0.2) is 13.1 Å². The molecule has 2 saturated heterocycles. The maximum Gasteiger partial charge on any atom is 0.217 e. The summed E-state index contributed by atoms with van der Waals surface area (Å²) < 4.78 is 38.5. The van der Waals surface area contributed by atoms with Crippen LogP contribution in [0.25, 0.3) is 0 Å². The molecule has 6 nitrogen and oxygen atoms in total. The molecule has 24 heavy (non-hydrogen) atoms. The van der Waals surface area contributed by atoms with Crippen molar-refractivity contribution in [1.82, 2.24) is 4.72 Å². The summed E-state index contributed by atoms with van der Waals surface area (Å²) in [5.41, 5.74) is 1.07. The SMILES string of the molecule is COc1ccccc1N1CC[C@H](CNS(=O)(=O)[C@H]2CCO[C@H]2C)C1. The topological polar surface area (TPSA) is 67.9 Å². The number of hydrogen-bond donors (Lipinski definition) is 1. The van der Waals surface area contributed by atoms with Crippen LogP contribution in [0.2, 0.25) is 0 Å².